The minimum Gasteiger partial charge on any atom is -0.379 e. The van der Waals surface area contributed by atoms with Gasteiger partial charge in [0, 0.05) is 30.4 Å². The lowest BCUT2D eigenvalue weighted by Gasteiger charge is -2.18. The Kier molecular flexibility index (Phi) is 4.67. The zero-order valence-corrected chi connectivity index (χ0v) is 16.2. The fourth-order valence-electron chi connectivity index (χ4n) is 3.41. The quantitative estimate of drug-likeness (QED) is 0.645. The molecule has 4 rings (SSSR count). The molecule has 0 saturated heterocycles. The Labute approximate surface area is 166 Å². The Hall–Kier alpha value is -3.08. The summed E-state index contributed by atoms with van der Waals surface area (Å²) in [4.78, 5) is 16.7. The minimum absolute atomic E-state index is 0.0718. The fraction of sp³-hybridized carbons (Fsp3) is 0.250. The van der Waals surface area contributed by atoms with E-state index in [-0.39, 0.29) is 28.9 Å². The van der Waals surface area contributed by atoms with Crippen LogP contribution in [0.4, 0.5) is 17.1 Å². The van der Waals surface area contributed by atoms with E-state index in [1.54, 1.807) is 23.9 Å². The Balaban J connectivity index is 1.88. The number of aryl methyl sites for hydroxylation is 1. The molecule has 0 amide bonds. The summed E-state index contributed by atoms with van der Waals surface area (Å²) in [5, 5.41) is 17.0. The first-order valence-electron chi connectivity index (χ1n) is 8.81. The molecule has 1 aliphatic rings. The first-order valence-corrected chi connectivity index (χ1v) is 9.19. The van der Waals surface area contributed by atoms with Gasteiger partial charge in [0.15, 0.2) is 0 Å². The number of aromatic nitrogens is 2. The Morgan fingerprint density at radius 3 is 3.04 bits per heavy atom. The molecule has 1 aromatic carbocycles. The van der Waals surface area contributed by atoms with Gasteiger partial charge in [-0.25, -0.2) is 4.98 Å². The summed E-state index contributed by atoms with van der Waals surface area (Å²) in [7, 11) is 1.75. The van der Waals surface area contributed by atoms with Crippen LogP contribution < -0.4 is 16.2 Å². The molecular formula is C20H18ClN5O2. The fourth-order valence-corrected chi connectivity index (χ4v) is 3.62. The minimum atomic E-state index is -0.0718. The van der Waals surface area contributed by atoms with Crippen LogP contribution in [0.25, 0.3) is 10.9 Å². The van der Waals surface area contributed by atoms with Gasteiger partial charge >= 0.3 is 0 Å². The van der Waals surface area contributed by atoms with Gasteiger partial charge in [-0.3, -0.25) is 4.79 Å². The Bertz CT molecular complexity index is 1180. The molecule has 3 heterocycles. The molecule has 7 nitrogen and oxygen atoms in total. The molecule has 3 aromatic rings. The molecular weight excluding hydrogens is 378 g/mol. The Morgan fingerprint density at radius 2 is 2.25 bits per heavy atom. The van der Waals surface area contributed by atoms with E-state index in [1.165, 1.54) is 0 Å². The molecule has 0 bridgehead atoms. The Morgan fingerprint density at radius 1 is 1.43 bits per heavy atom. The molecule has 0 saturated carbocycles. The maximum atomic E-state index is 12.8. The SMILES string of the molecule is C[C@H]1COCc2c(c3cc(Nc4ccnc(Cl)c4C#N)ccc3n(C)c2=O)N1. The van der Waals surface area contributed by atoms with Gasteiger partial charge < -0.3 is 19.9 Å². The molecule has 2 aromatic heterocycles. The number of nitrogens with zero attached hydrogens (tertiary/aromatic N) is 3. The highest BCUT2D eigenvalue weighted by molar-refractivity contribution is 6.31. The van der Waals surface area contributed by atoms with E-state index in [2.05, 4.69) is 21.7 Å². The summed E-state index contributed by atoms with van der Waals surface area (Å²) in [6, 6.07) is 9.55. The van der Waals surface area contributed by atoms with E-state index in [0.717, 1.165) is 22.3 Å². The predicted octanol–water partition coefficient (Wildman–Crippen LogP) is 3.53. The highest BCUT2D eigenvalue weighted by atomic mass is 35.5. The number of rotatable bonds is 2. The number of anilines is 3. The van der Waals surface area contributed by atoms with Gasteiger partial charge in [-0.1, -0.05) is 11.6 Å². The maximum absolute atomic E-state index is 12.8. The second-order valence-electron chi connectivity index (χ2n) is 6.77. The normalized spacial score (nSPS) is 16.0. The van der Waals surface area contributed by atoms with Gasteiger partial charge in [-0.15, -0.1) is 0 Å². The average Bonchev–Trinajstić information content (AvgIpc) is 2.88. The number of fused-ring (bicyclic) bond motifs is 3. The zero-order valence-electron chi connectivity index (χ0n) is 15.4. The molecule has 0 spiro atoms. The van der Waals surface area contributed by atoms with Crippen molar-refractivity contribution in [2.45, 2.75) is 19.6 Å². The number of hydrogen-bond donors (Lipinski definition) is 2. The summed E-state index contributed by atoms with van der Waals surface area (Å²) in [6.07, 6.45) is 1.54. The lowest BCUT2D eigenvalue weighted by molar-refractivity contribution is 0.119. The molecule has 2 N–H and O–H groups in total. The number of halogens is 1. The molecule has 0 fully saturated rings. The van der Waals surface area contributed by atoms with Crippen LogP contribution in [0.15, 0.2) is 35.3 Å². The van der Waals surface area contributed by atoms with Crippen LogP contribution in [-0.2, 0) is 18.4 Å². The van der Waals surface area contributed by atoms with Crippen LogP contribution in [0.3, 0.4) is 0 Å². The first-order chi connectivity index (χ1) is 13.5. The smallest absolute Gasteiger partial charge is 0.258 e. The van der Waals surface area contributed by atoms with Gasteiger partial charge in [0.05, 0.1) is 35.7 Å². The predicted molar refractivity (Wildman–Crippen MR) is 109 cm³/mol. The van der Waals surface area contributed by atoms with Crippen molar-refractivity contribution < 1.29 is 4.74 Å². The summed E-state index contributed by atoms with van der Waals surface area (Å²) in [6.45, 7) is 2.81. The highest BCUT2D eigenvalue weighted by Crippen LogP contribution is 2.32. The van der Waals surface area contributed by atoms with Crippen molar-refractivity contribution in [1.82, 2.24) is 9.55 Å². The van der Waals surface area contributed by atoms with Crippen LogP contribution in [-0.4, -0.2) is 22.2 Å². The van der Waals surface area contributed by atoms with E-state index in [0.29, 0.717) is 17.9 Å². The third kappa shape index (κ3) is 3.07. The number of nitrogens with one attached hydrogen (secondary N) is 2. The molecule has 0 aliphatic carbocycles. The van der Waals surface area contributed by atoms with Gasteiger partial charge in [0.25, 0.3) is 5.56 Å². The van der Waals surface area contributed by atoms with Crippen molar-refractivity contribution in [2.24, 2.45) is 7.05 Å². The van der Waals surface area contributed by atoms with Crippen LogP contribution in [0, 0.1) is 11.3 Å². The molecule has 8 heteroatoms. The van der Waals surface area contributed by atoms with Gasteiger partial charge in [-0.05, 0) is 31.2 Å². The van der Waals surface area contributed by atoms with Crippen molar-refractivity contribution in [3.63, 3.8) is 0 Å². The molecule has 0 unspecified atom stereocenters. The van der Waals surface area contributed by atoms with Crippen molar-refractivity contribution in [1.29, 1.82) is 5.26 Å². The summed E-state index contributed by atoms with van der Waals surface area (Å²) >= 11 is 6.02. The number of ether oxygens (including phenoxy) is 1. The third-order valence-corrected chi connectivity index (χ3v) is 5.08. The van der Waals surface area contributed by atoms with Crippen LogP contribution in [0.2, 0.25) is 5.15 Å². The van der Waals surface area contributed by atoms with Gasteiger partial charge in [-0.2, -0.15) is 5.26 Å². The molecule has 142 valence electrons. The summed E-state index contributed by atoms with van der Waals surface area (Å²) < 4.78 is 7.27. The van der Waals surface area contributed by atoms with E-state index in [9.17, 15) is 10.1 Å². The topological polar surface area (TPSA) is 92.0 Å². The zero-order chi connectivity index (χ0) is 19.8. The number of pyridine rings is 2. The summed E-state index contributed by atoms with van der Waals surface area (Å²) in [5.41, 5.74) is 3.76. The highest BCUT2D eigenvalue weighted by Gasteiger charge is 2.20. The van der Waals surface area contributed by atoms with E-state index >= 15 is 0 Å². The maximum Gasteiger partial charge on any atom is 0.258 e. The third-order valence-electron chi connectivity index (χ3n) is 4.79. The lowest BCUT2D eigenvalue weighted by Crippen LogP contribution is -2.24. The second-order valence-corrected chi connectivity index (χ2v) is 7.13. The van der Waals surface area contributed by atoms with Crippen LogP contribution in [0.5, 0.6) is 0 Å². The van der Waals surface area contributed by atoms with Crippen molar-refractivity contribution >= 4 is 39.6 Å². The van der Waals surface area contributed by atoms with Gasteiger partial charge in [0.2, 0.25) is 0 Å². The van der Waals surface area contributed by atoms with Crippen LogP contribution >= 0.6 is 11.6 Å². The van der Waals surface area contributed by atoms with Crippen molar-refractivity contribution in [3.8, 4) is 6.07 Å². The van der Waals surface area contributed by atoms with E-state index in [1.807, 2.05) is 25.1 Å². The largest absolute Gasteiger partial charge is 0.379 e. The van der Waals surface area contributed by atoms with Gasteiger partial charge in [0.1, 0.15) is 16.8 Å². The average molecular weight is 396 g/mol. The second kappa shape index (κ2) is 7.15. The van der Waals surface area contributed by atoms with Crippen molar-refractivity contribution in [2.75, 3.05) is 17.2 Å². The van der Waals surface area contributed by atoms with E-state index < -0.39 is 0 Å². The molecule has 1 atom stereocenters. The number of benzene rings is 1. The summed E-state index contributed by atoms with van der Waals surface area (Å²) in [5.74, 6) is 0. The lowest BCUT2D eigenvalue weighted by atomic mass is 10.1. The standard InChI is InChI=1S/C20H18ClN5O2/c1-11-9-28-10-15-18(24-11)13-7-12(3-4-17(13)26(2)20(15)27)25-16-5-6-23-19(21)14(16)8-22/h3-7,11,24H,9-10H2,1-2H3,(H,23,25)/t11-/m0/s1. The molecule has 1 aliphatic heterocycles. The number of hydrogen-bond acceptors (Lipinski definition) is 6. The molecule has 28 heavy (non-hydrogen) atoms. The van der Waals surface area contributed by atoms with E-state index in [4.69, 9.17) is 16.3 Å². The number of nitriles is 1. The molecule has 0 radical (unpaired) electrons. The first kappa shape index (κ1) is 18.3. The monoisotopic (exact) mass is 395 g/mol. The van der Waals surface area contributed by atoms with Crippen LogP contribution in [0.1, 0.15) is 18.1 Å². The van der Waals surface area contributed by atoms with Crippen molar-refractivity contribution in [3.05, 3.63) is 57.1 Å².